The first-order valence-electron chi connectivity index (χ1n) is 6.78. The van der Waals surface area contributed by atoms with Crippen LogP contribution in [0.5, 0.6) is 0 Å². The van der Waals surface area contributed by atoms with Crippen molar-refractivity contribution in [1.29, 1.82) is 0 Å². The Morgan fingerprint density at radius 3 is 2.61 bits per heavy atom. The summed E-state index contributed by atoms with van der Waals surface area (Å²) in [6.07, 6.45) is 3.55. The Balaban J connectivity index is 2.50. The molecule has 102 valence electrons. The van der Waals surface area contributed by atoms with Crippen molar-refractivity contribution in [2.45, 2.75) is 33.6 Å². The van der Waals surface area contributed by atoms with E-state index in [-0.39, 0.29) is 0 Å². The molecule has 0 spiro atoms. The Kier molecular flexibility index (Phi) is 6.43. The van der Waals surface area contributed by atoms with E-state index in [9.17, 15) is 0 Å². The second-order valence-corrected chi connectivity index (χ2v) is 4.30. The minimum absolute atomic E-state index is 0.580. The van der Waals surface area contributed by atoms with Gasteiger partial charge in [-0.2, -0.15) is 0 Å². The molecule has 0 saturated heterocycles. The summed E-state index contributed by atoms with van der Waals surface area (Å²) in [4.78, 5) is 10.7. The molecule has 5 nitrogen and oxygen atoms in total. The van der Waals surface area contributed by atoms with E-state index in [0.29, 0.717) is 5.82 Å². The monoisotopic (exact) mass is 251 g/mol. The molecule has 1 aromatic heterocycles. The Hall–Kier alpha value is -1.36. The largest absolute Gasteiger partial charge is 0.383 e. The van der Waals surface area contributed by atoms with Crippen LogP contribution < -0.4 is 11.1 Å². The first-order valence-corrected chi connectivity index (χ1v) is 6.78. The quantitative estimate of drug-likeness (QED) is 0.737. The molecule has 0 saturated carbocycles. The van der Waals surface area contributed by atoms with Crippen molar-refractivity contribution in [2.75, 3.05) is 37.2 Å². The summed E-state index contributed by atoms with van der Waals surface area (Å²) >= 11 is 0. The number of likely N-dealkylation sites (N-methyl/N-ethyl adjacent to an activating group) is 1. The summed E-state index contributed by atoms with van der Waals surface area (Å²) in [6, 6.07) is 0. The highest BCUT2D eigenvalue weighted by atomic mass is 15.1. The average molecular weight is 251 g/mol. The molecule has 0 aliphatic carbocycles. The van der Waals surface area contributed by atoms with E-state index < -0.39 is 0 Å². The molecule has 0 aliphatic heterocycles. The number of rotatable bonds is 8. The minimum Gasteiger partial charge on any atom is -0.383 e. The van der Waals surface area contributed by atoms with Crippen LogP contribution >= 0.6 is 0 Å². The Morgan fingerprint density at radius 2 is 2.00 bits per heavy atom. The molecule has 0 bridgehead atoms. The van der Waals surface area contributed by atoms with Crippen LogP contribution in [0.15, 0.2) is 6.33 Å². The van der Waals surface area contributed by atoms with E-state index in [2.05, 4.69) is 41.0 Å². The molecule has 18 heavy (non-hydrogen) atoms. The van der Waals surface area contributed by atoms with Crippen LogP contribution in [0.3, 0.4) is 0 Å². The number of nitrogen functional groups attached to an aromatic ring is 1. The van der Waals surface area contributed by atoms with Crippen LogP contribution in [0.2, 0.25) is 0 Å². The molecule has 0 fully saturated rings. The highest BCUT2D eigenvalue weighted by Crippen LogP contribution is 2.16. The van der Waals surface area contributed by atoms with Gasteiger partial charge in [-0.05, 0) is 25.9 Å². The lowest BCUT2D eigenvalue weighted by Gasteiger charge is -2.20. The molecule has 0 radical (unpaired) electrons. The molecule has 0 amide bonds. The van der Waals surface area contributed by atoms with E-state index >= 15 is 0 Å². The first-order chi connectivity index (χ1) is 8.72. The van der Waals surface area contributed by atoms with Gasteiger partial charge >= 0.3 is 0 Å². The highest BCUT2D eigenvalue weighted by molar-refractivity contribution is 5.54. The predicted octanol–water partition coefficient (Wildman–Crippen LogP) is 1.76. The van der Waals surface area contributed by atoms with Crippen LogP contribution in [-0.2, 0) is 6.42 Å². The van der Waals surface area contributed by atoms with E-state index in [0.717, 1.165) is 44.0 Å². The molecular formula is C13H25N5. The van der Waals surface area contributed by atoms with Crippen molar-refractivity contribution < 1.29 is 0 Å². The molecule has 3 N–H and O–H groups in total. The maximum absolute atomic E-state index is 5.84. The summed E-state index contributed by atoms with van der Waals surface area (Å²) < 4.78 is 0. The van der Waals surface area contributed by atoms with Gasteiger partial charge in [0.05, 0.1) is 0 Å². The van der Waals surface area contributed by atoms with Gasteiger partial charge in [0.2, 0.25) is 0 Å². The van der Waals surface area contributed by atoms with Crippen LogP contribution in [0.25, 0.3) is 0 Å². The Morgan fingerprint density at radius 1 is 1.22 bits per heavy atom. The minimum atomic E-state index is 0.580. The summed E-state index contributed by atoms with van der Waals surface area (Å²) in [6.45, 7) is 10.6. The van der Waals surface area contributed by atoms with Gasteiger partial charge in [0.15, 0.2) is 0 Å². The lowest BCUT2D eigenvalue weighted by molar-refractivity contribution is 0.300. The average Bonchev–Trinajstić information content (AvgIpc) is 2.38. The standard InChI is InChI=1S/C13H25N5/c1-4-8-18(6-3)9-7-15-13-11(5-2)12(14)16-10-17-13/h10H,4-9H2,1-3H3,(H3,14,15,16,17). The molecule has 0 aromatic carbocycles. The molecule has 5 heteroatoms. The van der Waals surface area contributed by atoms with E-state index in [1.54, 1.807) is 0 Å². The van der Waals surface area contributed by atoms with Crippen LogP contribution in [0.4, 0.5) is 11.6 Å². The molecule has 0 aliphatic rings. The van der Waals surface area contributed by atoms with Crippen molar-refractivity contribution in [3.05, 3.63) is 11.9 Å². The highest BCUT2D eigenvalue weighted by Gasteiger charge is 2.07. The number of hydrogen-bond acceptors (Lipinski definition) is 5. The van der Waals surface area contributed by atoms with Gasteiger partial charge in [-0.3, -0.25) is 0 Å². The zero-order chi connectivity index (χ0) is 13.4. The van der Waals surface area contributed by atoms with Crippen molar-refractivity contribution in [3.63, 3.8) is 0 Å². The number of nitrogens with one attached hydrogen (secondary N) is 1. The first kappa shape index (κ1) is 14.7. The van der Waals surface area contributed by atoms with Gasteiger partial charge in [-0.25, -0.2) is 9.97 Å². The molecule has 0 unspecified atom stereocenters. The Labute approximate surface area is 110 Å². The lowest BCUT2D eigenvalue weighted by atomic mass is 10.2. The third kappa shape index (κ3) is 4.14. The van der Waals surface area contributed by atoms with Crippen molar-refractivity contribution >= 4 is 11.6 Å². The Bertz CT molecular complexity index is 353. The zero-order valence-electron chi connectivity index (χ0n) is 11.7. The van der Waals surface area contributed by atoms with E-state index in [1.807, 2.05) is 0 Å². The molecule has 1 aromatic rings. The van der Waals surface area contributed by atoms with Gasteiger partial charge in [0.25, 0.3) is 0 Å². The maximum Gasteiger partial charge on any atom is 0.134 e. The fourth-order valence-corrected chi connectivity index (χ4v) is 2.00. The van der Waals surface area contributed by atoms with Gasteiger partial charge in [-0.1, -0.05) is 20.8 Å². The summed E-state index contributed by atoms with van der Waals surface area (Å²) in [5.74, 6) is 1.45. The molecular weight excluding hydrogens is 226 g/mol. The van der Waals surface area contributed by atoms with E-state index in [4.69, 9.17) is 5.73 Å². The van der Waals surface area contributed by atoms with Crippen LogP contribution in [-0.4, -0.2) is 41.0 Å². The lowest BCUT2D eigenvalue weighted by Crippen LogP contribution is -2.30. The molecule has 0 atom stereocenters. The summed E-state index contributed by atoms with van der Waals surface area (Å²) in [7, 11) is 0. The van der Waals surface area contributed by atoms with Gasteiger partial charge in [0, 0.05) is 18.7 Å². The third-order valence-corrected chi connectivity index (χ3v) is 3.04. The topological polar surface area (TPSA) is 67.1 Å². The SMILES string of the molecule is CCCN(CC)CCNc1ncnc(N)c1CC. The zero-order valence-corrected chi connectivity index (χ0v) is 11.7. The predicted molar refractivity (Wildman–Crippen MR) is 76.7 cm³/mol. The smallest absolute Gasteiger partial charge is 0.134 e. The molecule has 1 heterocycles. The van der Waals surface area contributed by atoms with E-state index in [1.165, 1.54) is 12.7 Å². The number of nitrogens with two attached hydrogens (primary N) is 1. The van der Waals surface area contributed by atoms with Crippen molar-refractivity contribution in [2.24, 2.45) is 0 Å². The summed E-state index contributed by atoms with van der Waals surface area (Å²) in [5.41, 5.74) is 6.85. The fraction of sp³-hybridized carbons (Fsp3) is 0.692. The fourth-order valence-electron chi connectivity index (χ4n) is 2.00. The number of hydrogen-bond donors (Lipinski definition) is 2. The number of aromatic nitrogens is 2. The van der Waals surface area contributed by atoms with Gasteiger partial charge in [-0.15, -0.1) is 0 Å². The normalized spacial score (nSPS) is 10.9. The number of nitrogens with zero attached hydrogens (tertiary/aromatic N) is 3. The second-order valence-electron chi connectivity index (χ2n) is 4.30. The second kappa shape index (κ2) is 7.87. The molecule has 1 rings (SSSR count). The maximum atomic E-state index is 5.84. The van der Waals surface area contributed by atoms with Crippen LogP contribution in [0, 0.1) is 0 Å². The van der Waals surface area contributed by atoms with Crippen LogP contribution in [0.1, 0.15) is 32.8 Å². The van der Waals surface area contributed by atoms with Crippen molar-refractivity contribution in [3.8, 4) is 0 Å². The number of anilines is 2. The van der Waals surface area contributed by atoms with Gasteiger partial charge in [0.1, 0.15) is 18.0 Å². The van der Waals surface area contributed by atoms with Crippen molar-refractivity contribution in [1.82, 2.24) is 14.9 Å². The third-order valence-electron chi connectivity index (χ3n) is 3.04. The van der Waals surface area contributed by atoms with Gasteiger partial charge < -0.3 is 16.0 Å². The summed E-state index contributed by atoms with van der Waals surface area (Å²) in [5, 5.41) is 3.36.